The number of fused-ring (bicyclic) bond motifs is 1. The number of rotatable bonds is 6. The van der Waals surface area contributed by atoms with Crippen molar-refractivity contribution in [2.24, 2.45) is 7.05 Å². The highest BCUT2D eigenvalue weighted by Gasteiger charge is 2.21. The van der Waals surface area contributed by atoms with Crippen molar-refractivity contribution < 1.29 is 17.6 Å². The van der Waals surface area contributed by atoms with Crippen molar-refractivity contribution in [3.8, 4) is 0 Å². The predicted octanol–water partition coefficient (Wildman–Crippen LogP) is 1.96. The highest BCUT2D eigenvalue weighted by atomic mass is 32.2. The van der Waals surface area contributed by atoms with Crippen molar-refractivity contribution in [3.05, 3.63) is 68.6 Å². The summed E-state index contributed by atoms with van der Waals surface area (Å²) in [6.07, 6.45) is 1.88. The number of sulfonamides is 1. The number of hydrogen-bond acceptors (Lipinski definition) is 5. The molecule has 2 aromatic carbocycles. The smallest absolute Gasteiger partial charge is 0.331 e. The number of carbonyl (C=O) groups excluding carboxylic acids is 1. The van der Waals surface area contributed by atoms with Crippen LogP contribution in [0.1, 0.15) is 24.8 Å². The molecule has 0 saturated carbocycles. The molecule has 2 heterocycles. The molecule has 1 fully saturated rings. The molecule has 1 aliphatic heterocycles. The monoisotopic (exact) mass is 488 g/mol. The number of aryl methyl sites for hydroxylation is 2. The Labute approximate surface area is 195 Å². The van der Waals surface area contributed by atoms with E-state index in [9.17, 15) is 27.2 Å². The summed E-state index contributed by atoms with van der Waals surface area (Å²) in [6, 6.07) is 7.56. The van der Waals surface area contributed by atoms with E-state index in [-0.39, 0.29) is 40.4 Å². The predicted molar refractivity (Wildman–Crippen MR) is 126 cm³/mol. The van der Waals surface area contributed by atoms with Gasteiger partial charge in [0.05, 0.1) is 21.5 Å². The summed E-state index contributed by atoms with van der Waals surface area (Å²) in [7, 11) is -2.61. The molecule has 3 aromatic rings. The third kappa shape index (κ3) is 4.47. The second-order valence-corrected chi connectivity index (χ2v) is 10.1. The molecule has 1 aliphatic rings. The Hall–Kier alpha value is -3.47. The number of nitrogens with zero attached hydrogens (tertiary/aromatic N) is 3. The van der Waals surface area contributed by atoms with Gasteiger partial charge in [0.15, 0.2) is 0 Å². The number of likely N-dealkylation sites (tertiary alicyclic amines) is 1. The normalized spacial score (nSPS) is 14.0. The number of aromatic nitrogens is 2. The third-order valence-electron chi connectivity index (χ3n) is 6.07. The zero-order chi connectivity index (χ0) is 24.6. The van der Waals surface area contributed by atoms with Crippen LogP contribution >= 0.6 is 0 Å². The van der Waals surface area contributed by atoms with Gasteiger partial charge in [-0.3, -0.25) is 23.4 Å². The average Bonchev–Trinajstić information content (AvgIpc) is 3.34. The first-order valence-electron chi connectivity index (χ1n) is 10.9. The van der Waals surface area contributed by atoms with E-state index in [1.165, 1.54) is 41.9 Å². The first-order valence-corrected chi connectivity index (χ1v) is 12.4. The summed E-state index contributed by atoms with van der Waals surface area (Å²) < 4.78 is 43.9. The highest BCUT2D eigenvalue weighted by Crippen LogP contribution is 2.22. The van der Waals surface area contributed by atoms with Crippen LogP contribution in [0.2, 0.25) is 0 Å². The zero-order valence-electron chi connectivity index (χ0n) is 18.9. The molecule has 0 bridgehead atoms. The van der Waals surface area contributed by atoms with Crippen molar-refractivity contribution in [2.75, 3.05) is 17.8 Å². The van der Waals surface area contributed by atoms with Gasteiger partial charge in [-0.15, -0.1) is 0 Å². The first kappa shape index (κ1) is 23.7. The van der Waals surface area contributed by atoms with Crippen LogP contribution in [0, 0.1) is 12.7 Å². The Morgan fingerprint density at radius 3 is 2.47 bits per heavy atom. The van der Waals surface area contributed by atoms with Crippen LogP contribution in [-0.2, 0) is 28.4 Å². The minimum atomic E-state index is -4.10. The molecule has 0 spiro atoms. The number of benzene rings is 2. The summed E-state index contributed by atoms with van der Waals surface area (Å²) in [6.45, 7) is 2.82. The van der Waals surface area contributed by atoms with E-state index in [2.05, 4.69) is 4.72 Å². The van der Waals surface area contributed by atoms with Crippen LogP contribution < -0.4 is 16.0 Å². The van der Waals surface area contributed by atoms with E-state index in [1.807, 2.05) is 0 Å². The number of halogens is 1. The number of carbonyl (C=O) groups is 1. The molecule has 4 rings (SSSR count). The van der Waals surface area contributed by atoms with Gasteiger partial charge in [-0.25, -0.2) is 17.6 Å². The van der Waals surface area contributed by atoms with Crippen molar-refractivity contribution >= 4 is 32.5 Å². The average molecular weight is 489 g/mol. The maximum atomic E-state index is 13.4. The maximum absolute atomic E-state index is 13.4. The first-order chi connectivity index (χ1) is 16.1. The lowest BCUT2D eigenvalue weighted by Crippen LogP contribution is -2.40. The van der Waals surface area contributed by atoms with Crippen LogP contribution in [-0.4, -0.2) is 41.4 Å². The summed E-state index contributed by atoms with van der Waals surface area (Å²) in [5, 5.41) is 0.0365. The lowest BCUT2D eigenvalue weighted by molar-refractivity contribution is -0.130. The second kappa shape index (κ2) is 9.05. The van der Waals surface area contributed by atoms with E-state index >= 15 is 0 Å². The number of nitrogens with one attached hydrogen (secondary N) is 1. The van der Waals surface area contributed by atoms with E-state index in [0.717, 1.165) is 23.5 Å². The van der Waals surface area contributed by atoms with Crippen LogP contribution in [0.3, 0.4) is 0 Å². The number of hydrogen-bond donors (Lipinski definition) is 1. The molecular formula is C23H25FN4O5S. The molecule has 0 unspecified atom stereocenters. The van der Waals surface area contributed by atoms with E-state index in [1.54, 1.807) is 11.8 Å². The standard InChI is InChI=1S/C23H25FN4O5S/c1-15-13-16(24)5-7-19(15)25-34(32,33)17-6-8-20-18(14-17)22(30)28(23(31)26(20)2)12-9-21(29)27-10-3-4-11-27/h5-8,13-14,25H,3-4,9-12H2,1-2H3. The summed E-state index contributed by atoms with van der Waals surface area (Å²) in [5.74, 6) is -0.613. The Morgan fingerprint density at radius 2 is 1.79 bits per heavy atom. The molecule has 34 heavy (non-hydrogen) atoms. The molecule has 0 aliphatic carbocycles. The molecule has 1 aromatic heterocycles. The molecule has 1 saturated heterocycles. The van der Waals surface area contributed by atoms with Gasteiger partial charge in [0.25, 0.3) is 15.6 Å². The molecule has 1 amide bonds. The van der Waals surface area contributed by atoms with Gasteiger partial charge in [0, 0.05) is 33.1 Å². The summed E-state index contributed by atoms with van der Waals surface area (Å²) in [5.41, 5.74) is -0.365. The van der Waals surface area contributed by atoms with Crippen molar-refractivity contribution in [1.82, 2.24) is 14.0 Å². The van der Waals surface area contributed by atoms with Gasteiger partial charge in [-0.2, -0.15) is 0 Å². The topological polar surface area (TPSA) is 110 Å². The highest BCUT2D eigenvalue weighted by molar-refractivity contribution is 7.92. The van der Waals surface area contributed by atoms with Crippen molar-refractivity contribution in [3.63, 3.8) is 0 Å². The van der Waals surface area contributed by atoms with E-state index < -0.39 is 27.1 Å². The number of amides is 1. The van der Waals surface area contributed by atoms with Crippen LogP contribution in [0.5, 0.6) is 0 Å². The molecule has 0 radical (unpaired) electrons. The van der Waals surface area contributed by atoms with Gasteiger partial charge in [0.1, 0.15) is 5.82 Å². The van der Waals surface area contributed by atoms with Crippen molar-refractivity contribution in [2.45, 2.75) is 37.6 Å². The number of anilines is 1. The Kier molecular flexibility index (Phi) is 6.30. The Balaban J connectivity index is 1.70. The third-order valence-corrected chi connectivity index (χ3v) is 7.44. The van der Waals surface area contributed by atoms with E-state index in [0.29, 0.717) is 18.7 Å². The minimum Gasteiger partial charge on any atom is -0.343 e. The Bertz CT molecular complexity index is 1500. The fourth-order valence-electron chi connectivity index (χ4n) is 4.14. The zero-order valence-corrected chi connectivity index (χ0v) is 19.7. The van der Waals surface area contributed by atoms with Gasteiger partial charge in [0.2, 0.25) is 5.91 Å². The minimum absolute atomic E-state index is 0.00401. The molecular weight excluding hydrogens is 463 g/mol. The molecule has 9 nitrogen and oxygen atoms in total. The summed E-state index contributed by atoms with van der Waals surface area (Å²) >= 11 is 0. The van der Waals surface area contributed by atoms with Gasteiger partial charge >= 0.3 is 5.69 Å². The quantitative estimate of drug-likeness (QED) is 0.570. The fraction of sp³-hybridized carbons (Fsp3) is 0.348. The van der Waals surface area contributed by atoms with Crippen LogP contribution in [0.25, 0.3) is 10.9 Å². The van der Waals surface area contributed by atoms with Gasteiger partial charge in [-0.05, 0) is 61.7 Å². The van der Waals surface area contributed by atoms with Gasteiger partial charge < -0.3 is 4.90 Å². The lowest BCUT2D eigenvalue weighted by atomic mass is 10.2. The molecule has 1 N–H and O–H groups in total. The van der Waals surface area contributed by atoms with E-state index in [4.69, 9.17) is 0 Å². The van der Waals surface area contributed by atoms with Gasteiger partial charge in [-0.1, -0.05) is 0 Å². The fourth-order valence-corrected chi connectivity index (χ4v) is 5.29. The SMILES string of the molecule is Cc1cc(F)ccc1NS(=O)(=O)c1ccc2c(c1)c(=O)n(CCC(=O)N1CCCC1)c(=O)n2C. The van der Waals surface area contributed by atoms with Crippen LogP contribution in [0.4, 0.5) is 10.1 Å². The molecule has 180 valence electrons. The van der Waals surface area contributed by atoms with Crippen molar-refractivity contribution in [1.29, 1.82) is 0 Å². The molecule has 0 atom stereocenters. The Morgan fingerprint density at radius 1 is 1.09 bits per heavy atom. The molecule has 11 heteroatoms. The maximum Gasteiger partial charge on any atom is 0.331 e. The summed E-state index contributed by atoms with van der Waals surface area (Å²) in [4.78, 5) is 39.8. The lowest BCUT2D eigenvalue weighted by Gasteiger charge is -2.16. The largest absolute Gasteiger partial charge is 0.343 e. The van der Waals surface area contributed by atoms with Crippen LogP contribution in [0.15, 0.2) is 50.9 Å². The second-order valence-electron chi connectivity index (χ2n) is 8.38.